The quantitative estimate of drug-likeness (QED) is 0.773. The largest absolute Gasteiger partial charge is 0.479 e. The minimum absolute atomic E-state index is 0.00488. The number of esters is 1. The third-order valence-electron chi connectivity index (χ3n) is 2.36. The molecule has 0 fully saturated rings. The van der Waals surface area contributed by atoms with E-state index in [0.717, 1.165) is 12.1 Å². The molecule has 0 aliphatic heterocycles. The van der Waals surface area contributed by atoms with Gasteiger partial charge in [-0.3, -0.25) is 0 Å². The molecule has 19 heavy (non-hydrogen) atoms. The van der Waals surface area contributed by atoms with E-state index in [2.05, 4.69) is 0 Å². The first kappa shape index (κ1) is 15.3. The van der Waals surface area contributed by atoms with Crippen molar-refractivity contribution < 1.29 is 27.4 Å². The van der Waals surface area contributed by atoms with Crippen LogP contribution in [0.25, 0.3) is 0 Å². The lowest BCUT2D eigenvalue weighted by Crippen LogP contribution is -2.28. The van der Waals surface area contributed by atoms with Crippen LogP contribution in [0.5, 0.6) is 5.75 Å². The van der Waals surface area contributed by atoms with Gasteiger partial charge in [0.05, 0.1) is 12.2 Å². The second-order valence-corrected chi connectivity index (χ2v) is 3.79. The van der Waals surface area contributed by atoms with E-state index in [1.54, 1.807) is 13.8 Å². The topological polar surface area (TPSA) is 35.5 Å². The monoisotopic (exact) mass is 276 g/mol. The Balaban J connectivity index is 2.83. The number of halogens is 3. The molecule has 0 N–H and O–H groups in total. The second kappa shape index (κ2) is 6.45. The predicted molar refractivity (Wildman–Crippen MR) is 62.8 cm³/mol. The van der Waals surface area contributed by atoms with Gasteiger partial charge in [-0.2, -0.15) is 13.2 Å². The Morgan fingerprint density at radius 1 is 1.32 bits per heavy atom. The molecule has 0 saturated heterocycles. The number of ether oxygens (including phenoxy) is 2. The van der Waals surface area contributed by atoms with Gasteiger partial charge in [0, 0.05) is 0 Å². The molecule has 0 aliphatic rings. The van der Waals surface area contributed by atoms with Crippen molar-refractivity contribution in [3.63, 3.8) is 0 Å². The van der Waals surface area contributed by atoms with E-state index in [4.69, 9.17) is 9.47 Å². The van der Waals surface area contributed by atoms with E-state index in [9.17, 15) is 18.0 Å². The van der Waals surface area contributed by atoms with E-state index < -0.39 is 23.8 Å². The van der Waals surface area contributed by atoms with Gasteiger partial charge in [0.15, 0.2) is 6.10 Å². The zero-order valence-electron chi connectivity index (χ0n) is 10.7. The SMILES string of the molecule is CCOC(=O)C(CC)Oc1cccc(C(F)(F)F)c1. The molecule has 1 aromatic rings. The second-order valence-electron chi connectivity index (χ2n) is 3.79. The van der Waals surface area contributed by atoms with Crippen LogP contribution in [0.4, 0.5) is 13.2 Å². The summed E-state index contributed by atoms with van der Waals surface area (Å²) in [5, 5.41) is 0. The van der Waals surface area contributed by atoms with Gasteiger partial charge in [-0.15, -0.1) is 0 Å². The van der Waals surface area contributed by atoms with E-state index in [1.165, 1.54) is 12.1 Å². The van der Waals surface area contributed by atoms with Crippen LogP contribution in [0.3, 0.4) is 0 Å². The normalized spacial score (nSPS) is 12.9. The van der Waals surface area contributed by atoms with E-state index in [1.807, 2.05) is 0 Å². The predicted octanol–water partition coefficient (Wildman–Crippen LogP) is 3.43. The summed E-state index contributed by atoms with van der Waals surface area (Å²) in [6.45, 7) is 3.53. The minimum atomic E-state index is -4.44. The van der Waals surface area contributed by atoms with Crippen molar-refractivity contribution in [1.82, 2.24) is 0 Å². The molecular formula is C13H15F3O3. The molecule has 106 valence electrons. The van der Waals surface area contributed by atoms with Crippen molar-refractivity contribution in [2.45, 2.75) is 32.5 Å². The summed E-state index contributed by atoms with van der Waals surface area (Å²) < 4.78 is 47.6. The lowest BCUT2D eigenvalue weighted by molar-refractivity contribution is -0.151. The first-order chi connectivity index (χ1) is 8.88. The first-order valence-corrected chi connectivity index (χ1v) is 5.89. The Morgan fingerprint density at radius 3 is 2.53 bits per heavy atom. The molecule has 1 atom stereocenters. The molecule has 0 aromatic heterocycles. The zero-order chi connectivity index (χ0) is 14.5. The minimum Gasteiger partial charge on any atom is -0.479 e. The highest BCUT2D eigenvalue weighted by molar-refractivity contribution is 5.75. The molecule has 0 saturated carbocycles. The fourth-order valence-electron chi connectivity index (χ4n) is 1.44. The molecule has 0 amide bonds. The van der Waals surface area contributed by atoms with Crippen LogP contribution < -0.4 is 4.74 Å². The molecule has 1 aromatic carbocycles. The van der Waals surface area contributed by atoms with Crippen LogP contribution in [0.1, 0.15) is 25.8 Å². The smallest absolute Gasteiger partial charge is 0.416 e. The maximum atomic E-state index is 12.5. The zero-order valence-corrected chi connectivity index (χ0v) is 10.7. The highest BCUT2D eigenvalue weighted by Crippen LogP contribution is 2.31. The number of alkyl halides is 3. The van der Waals surface area contributed by atoms with Crippen LogP contribution in [-0.2, 0) is 15.7 Å². The molecule has 0 aliphatic carbocycles. The van der Waals surface area contributed by atoms with Crippen molar-refractivity contribution >= 4 is 5.97 Å². The summed E-state index contributed by atoms with van der Waals surface area (Å²) in [5.41, 5.74) is -0.816. The maximum Gasteiger partial charge on any atom is 0.416 e. The molecule has 3 nitrogen and oxygen atoms in total. The molecule has 1 rings (SSSR count). The highest BCUT2D eigenvalue weighted by atomic mass is 19.4. The van der Waals surface area contributed by atoms with Gasteiger partial charge in [0.1, 0.15) is 5.75 Å². The maximum absolute atomic E-state index is 12.5. The van der Waals surface area contributed by atoms with Gasteiger partial charge in [-0.1, -0.05) is 13.0 Å². The van der Waals surface area contributed by atoms with Gasteiger partial charge in [-0.05, 0) is 31.5 Å². The van der Waals surface area contributed by atoms with Crippen molar-refractivity contribution in [3.05, 3.63) is 29.8 Å². The van der Waals surface area contributed by atoms with Gasteiger partial charge < -0.3 is 9.47 Å². The number of rotatable bonds is 5. The molecule has 0 heterocycles. The van der Waals surface area contributed by atoms with Gasteiger partial charge >= 0.3 is 12.1 Å². The molecular weight excluding hydrogens is 261 g/mol. The Hall–Kier alpha value is -1.72. The third-order valence-corrected chi connectivity index (χ3v) is 2.36. The summed E-state index contributed by atoms with van der Waals surface area (Å²) in [6.07, 6.45) is -5.02. The van der Waals surface area contributed by atoms with Crippen molar-refractivity contribution in [1.29, 1.82) is 0 Å². The van der Waals surface area contributed by atoms with Crippen LogP contribution in [0, 0.1) is 0 Å². The molecule has 0 spiro atoms. The third kappa shape index (κ3) is 4.46. The van der Waals surface area contributed by atoms with Gasteiger partial charge in [-0.25, -0.2) is 4.79 Å². The number of benzene rings is 1. The Morgan fingerprint density at radius 2 is 2.00 bits per heavy atom. The molecule has 6 heteroatoms. The standard InChI is InChI=1S/C13H15F3O3/c1-3-11(12(17)18-4-2)19-10-7-5-6-9(8-10)13(14,15)16/h5-8,11H,3-4H2,1-2H3. The Labute approximate surface area is 109 Å². The number of carbonyl (C=O) groups excluding carboxylic acids is 1. The van der Waals surface area contributed by atoms with Crippen LogP contribution in [0.2, 0.25) is 0 Å². The van der Waals surface area contributed by atoms with Crippen molar-refractivity contribution in [3.8, 4) is 5.75 Å². The van der Waals surface area contributed by atoms with Crippen LogP contribution in [-0.4, -0.2) is 18.7 Å². The van der Waals surface area contributed by atoms with Gasteiger partial charge in [0.25, 0.3) is 0 Å². The fourth-order valence-corrected chi connectivity index (χ4v) is 1.44. The molecule has 0 radical (unpaired) electrons. The van der Waals surface area contributed by atoms with Crippen molar-refractivity contribution in [2.75, 3.05) is 6.61 Å². The Bertz CT molecular complexity index is 429. The number of carbonyl (C=O) groups is 1. The summed E-state index contributed by atoms with van der Waals surface area (Å²) in [5.74, 6) is -0.586. The Kier molecular flexibility index (Phi) is 5.20. The number of hydrogen-bond donors (Lipinski definition) is 0. The lowest BCUT2D eigenvalue weighted by atomic mass is 10.2. The molecule has 1 unspecified atom stereocenters. The van der Waals surface area contributed by atoms with E-state index in [0.29, 0.717) is 6.42 Å². The summed E-state index contributed by atoms with van der Waals surface area (Å²) >= 11 is 0. The average Bonchev–Trinajstić information content (AvgIpc) is 2.35. The summed E-state index contributed by atoms with van der Waals surface area (Å²) in [7, 11) is 0. The first-order valence-electron chi connectivity index (χ1n) is 5.89. The van der Waals surface area contributed by atoms with Gasteiger partial charge in [0.2, 0.25) is 0 Å². The fraction of sp³-hybridized carbons (Fsp3) is 0.462. The average molecular weight is 276 g/mol. The molecule has 0 bridgehead atoms. The summed E-state index contributed by atoms with van der Waals surface area (Å²) in [6, 6.07) is 4.41. The van der Waals surface area contributed by atoms with E-state index >= 15 is 0 Å². The summed E-state index contributed by atoms with van der Waals surface area (Å²) in [4.78, 5) is 11.5. The van der Waals surface area contributed by atoms with Crippen molar-refractivity contribution in [2.24, 2.45) is 0 Å². The van der Waals surface area contributed by atoms with Crippen LogP contribution in [0.15, 0.2) is 24.3 Å². The highest BCUT2D eigenvalue weighted by Gasteiger charge is 2.31. The number of hydrogen-bond acceptors (Lipinski definition) is 3. The van der Waals surface area contributed by atoms with Crippen LogP contribution >= 0.6 is 0 Å². The lowest BCUT2D eigenvalue weighted by Gasteiger charge is -2.17. The van der Waals surface area contributed by atoms with E-state index in [-0.39, 0.29) is 12.4 Å².